The van der Waals surface area contributed by atoms with E-state index in [9.17, 15) is 19.2 Å². The predicted molar refractivity (Wildman–Crippen MR) is 92.2 cm³/mol. The number of carbonyl (C=O) groups excluding carboxylic acids is 4. The second-order valence-electron chi connectivity index (χ2n) is 7.08. The summed E-state index contributed by atoms with van der Waals surface area (Å²) >= 11 is 0. The van der Waals surface area contributed by atoms with Crippen molar-refractivity contribution in [3.63, 3.8) is 0 Å². The number of amides is 4. The molecule has 3 rings (SSSR count). The van der Waals surface area contributed by atoms with E-state index in [1.807, 2.05) is 0 Å². The molecule has 0 saturated carbocycles. The highest BCUT2D eigenvalue weighted by molar-refractivity contribution is 6.22. The summed E-state index contributed by atoms with van der Waals surface area (Å²) in [6, 6.07) is 4.59. The normalized spacial score (nSPS) is 17.2. The molecule has 2 N–H and O–H groups in total. The Morgan fingerprint density at radius 1 is 1.00 bits per heavy atom. The molecule has 1 aromatic rings. The Hall–Kier alpha value is -3.00. The van der Waals surface area contributed by atoms with E-state index in [0.717, 1.165) is 11.0 Å². The fourth-order valence-electron chi connectivity index (χ4n) is 2.99. The molecule has 1 aromatic carbocycles. The van der Waals surface area contributed by atoms with Gasteiger partial charge in [-0.1, -0.05) is 0 Å². The molecule has 0 radical (unpaired) electrons. The van der Waals surface area contributed by atoms with Crippen molar-refractivity contribution in [1.82, 2.24) is 9.80 Å². The number of hydrogen-bond acceptors (Lipinski definition) is 6. The first-order chi connectivity index (χ1) is 12.1. The molecule has 2 aliphatic heterocycles. The van der Waals surface area contributed by atoms with Crippen LogP contribution >= 0.6 is 0 Å². The Morgan fingerprint density at radius 2 is 1.65 bits per heavy atom. The monoisotopic (exact) mass is 357 g/mol. The molecule has 0 atom stereocenters. The first-order valence-electron chi connectivity index (χ1n) is 8.13. The molecule has 136 valence electrons. The second-order valence-corrected chi connectivity index (χ2v) is 7.08. The van der Waals surface area contributed by atoms with Crippen molar-refractivity contribution in [2.24, 2.45) is 0 Å². The van der Waals surface area contributed by atoms with E-state index >= 15 is 0 Å². The first-order valence-corrected chi connectivity index (χ1v) is 8.13. The van der Waals surface area contributed by atoms with Gasteiger partial charge in [0.25, 0.3) is 23.6 Å². The lowest BCUT2D eigenvalue weighted by molar-refractivity contribution is -0.137. The molecule has 0 saturated heterocycles. The molecule has 8 heteroatoms. The van der Waals surface area contributed by atoms with Crippen LogP contribution in [0.5, 0.6) is 0 Å². The topological polar surface area (TPSA) is 107 Å². The predicted octanol–water partition coefficient (Wildman–Crippen LogP) is 0.738. The third kappa shape index (κ3) is 2.78. The van der Waals surface area contributed by atoms with Gasteiger partial charge in [0.05, 0.1) is 24.3 Å². The van der Waals surface area contributed by atoms with Crippen molar-refractivity contribution in [3.05, 3.63) is 41.1 Å². The molecule has 8 nitrogen and oxygen atoms in total. The minimum absolute atomic E-state index is 0.0489. The quantitative estimate of drug-likeness (QED) is 0.770. The highest BCUT2D eigenvalue weighted by Crippen LogP contribution is 2.31. The molecule has 0 aromatic heterocycles. The van der Waals surface area contributed by atoms with Crippen LogP contribution in [0.25, 0.3) is 0 Å². The van der Waals surface area contributed by atoms with Gasteiger partial charge in [-0.3, -0.25) is 29.0 Å². The number of nitrogens with zero attached hydrogens (tertiary/aromatic N) is 2. The van der Waals surface area contributed by atoms with Crippen LogP contribution in [0.2, 0.25) is 0 Å². The SMILES string of the molecule is CC(C)(C)N1C(=O)c2ccc(NC3=CC(=O)N(CCO)C3=O)cc2C1=O. The van der Waals surface area contributed by atoms with Crippen LogP contribution in [0.15, 0.2) is 30.0 Å². The van der Waals surface area contributed by atoms with Gasteiger partial charge in [0.2, 0.25) is 0 Å². The Labute approximate surface area is 150 Å². The number of imide groups is 2. The molecule has 0 bridgehead atoms. The fraction of sp³-hybridized carbons (Fsp3) is 0.333. The summed E-state index contributed by atoms with van der Waals surface area (Å²) in [7, 11) is 0. The summed E-state index contributed by atoms with van der Waals surface area (Å²) in [5.74, 6) is -1.82. The lowest BCUT2D eigenvalue weighted by Gasteiger charge is -2.29. The smallest absolute Gasteiger partial charge is 0.277 e. The van der Waals surface area contributed by atoms with E-state index in [1.165, 1.54) is 17.0 Å². The highest BCUT2D eigenvalue weighted by Gasteiger charge is 2.42. The summed E-state index contributed by atoms with van der Waals surface area (Å²) in [5.41, 5.74) is 0.369. The average molecular weight is 357 g/mol. The van der Waals surface area contributed by atoms with Crippen molar-refractivity contribution in [2.75, 3.05) is 18.5 Å². The lowest BCUT2D eigenvalue weighted by Crippen LogP contribution is -2.45. The van der Waals surface area contributed by atoms with Gasteiger partial charge in [-0.05, 0) is 39.0 Å². The largest absolute Gasteiger partial charge is 0.395 e. The third-order valence-electron chi connectivity index (χ3n) is 4.17. The third-order valence-corrected chi connectivity index (χ3v) is 4.17. The number of nitrogens with one attached hydrogen (secondary N) is 1. The van der Waals surface area contributed by atoms with Crippen LogP contribution in [0.3, 0.4) is 0 Å². The number of rotatable bonds is 4. The van der Waals surface area contributed by atoms with E-state index in [4.69, 9.17) is 5.11 Å². The maximum Gasteiger partial charge on any atom is 0.277 e. The number of anilines is 1. The van der Waals surface area contributed by atoms with Gasteiger partial charge < -0.3 is 10.4 Å². The summed E-state index contributed by atoms with van der Waals surface area (Å²) in [6.07, 6.45) is 1.14. The number of aliphatic hydroxyl groups is 1. The lowest BCUT2D eigenvalue weighted by atomic mass is 10.1. The molecule has 0 unspecified atom stereocenters. The molecule has 0 aliphatic carbocycles. The van der Waals surface area contributed by atoms with Crippen LogP contribution < -0.4 is 5.32 Å². The standard InChI is InChI=1S/C18H19N3O5/c1-18(2,3)21-15(24)11-5-4-10(8-12(11)16(21)25)19-13-9-14(23)20(6-7-22)17(13)26/h4-5,8-9,19,22H,6-7H2,1-3H3. The summed E-state index contributed by atoms with van der Waals surface area (Å²) in [5, 5.41) is 11.7. The van der Waals surface area contributed by atoms with Gasteiger partial charge in [-0.15, -0.1) is 0 Å². The Kier molecular flexibility index (Phi) is 4.15. The van der Waals surface area contributed by atoms with Gasteiger partial charge in [0.1, 0.15) is 5.70 Å². The molecule has 4 amide bonds. The number of hydrogen-bond donors (Lipinski definition) is 2. The van der Waals surface area contributed by atoms with Gasteiger partial charge >= 0.3 is 0 Å². The molecule has 0 spiro atoms. The maximum atomic E-state index is 12.6. The second kappa shape index (κ2) is 6.06. The molecule has 2 aliphatic rings. The number of aliphatic hydroxyl groups excluding tert-OH is 1. The number of benzene rings is 1. The van der Waals surface area contributed by atoms with E-state index in [-0.39, 0.29) is 30.3 Å². The maximum absolute atomic E-state index is 12.6. The van der Waals surface area contributed by atoms with Crippen LogP contribution in [0.1, 0.15) is 41.5 Å². The van der Waals surface area contributed by atoms with Crippen molar-refractivity contribution >= 4 is 29.3 Å². The van der Waals surface area contributed by atoms with Gasteiger partial charge in [-0.2, -0.15) is 0 Å². The van der Waals surface area contributed by atoms with Crippen LogP contribution in [0.4, 0.5) is 5.69 Å². The Balaban J connectivity index is 1.87. The minimum atomic E-state index is -0.651. The number of β-amino-alcohol motifs (C(OH)–C–C–N with tert-alkyl or cyclic N) is 1. The molecule has 2 heterocycles. The van der Waals surface area contributed by atoms with E-state index in [1.54, 1.807) is 26.8 Å². The van der Waals surface area contributed by atoms with E-state index in [0.29, 0.717) is 11.3 Å². The molecule has 26 heavy (non-hydrogen) atoms. The number of fused-ring (bicyclic) bond motifs is 1. The van der Waals surface area contributed by atoms with Crippen LogP contribution in [0, 0.1) is 0 Å². The first kappa shape index (κ1) is 17.8. The Bertz CT molecular complexity index is 866. The van der Waals surface area contributed by atoms with E-state index < -0.39 is 23.3 Å². The molecular formula is C18H19N3O5. The molecular weight excluding hydrogens is 338 g/mol. The zero-order valence-corrected chi connectivity index (χ0v) is 14.7. The fourth-order valence-corrected chi connectivity index (χ4v) is 2.99. The van der Waals surface area contributed by atoms with Gasteiger partial charge in [0, 0.05) is 17.3 Å². The minimum Gasteiger partial charge on any atom is -0.395 e. The van der Waals surface area contributed by atoms with Crippen molar-refractivity contribution in [1.29, 1.82) is 0 Å². The highest BCUT2D eigenvalue weighted by atomic mass is 16.3. The summed E-state index contributed by atoms with van der Waals surface area (Å²) in [4.78, 5) is 51.2. The zero-order chi connectivity index (χ0) is 19.2. The van der Waals surface area contributed by atoms with E-state index in [2.05, 4.69) is 5.32 Å². The van der Waals surface area contributed by atoms with Crippen LogP contribution in [-0.4, -0.2) is 57.2 Å². The average Bonchev–Trinajstić information content (AvgIpc) is 2.96. The van der Waals surface area contributed by atoms with Gasteiger partial charge in [-0.25, -0.2) is 0 Å². The summed E-state index contributed by atoms with van der Waals surface area (Å²) < 4.78 is 0. The zero-order valence-electron chi connectivity index (χ0n) is 14.7. The summed E-state index contributed by atoms with van der Waals surface area (Å²) in [6.45, 7) is 4.92. The number of carbonyl (C=O) groups is 4. The molecule has 0 fully saturated rings. The van der Waals surface area contributed by atoms with Gasteiger partial charge in [0.15, 0.2) is 0 Å². The Morgan fingerprint density at radius 3 is 2.27 bits per heavy atom. The van der Waals surface area contributed by atoms with Crippen molar-refractivity contribution in [3.8, 4) is 0 Å². The van der Waals surface area contributed by atoms with Crippen molar-refractivity contribution in [2.45, 2.75) is 26.3 Å². The van der Waals surface area contributed by atoms with Crippen LogP contribution in [-0.2, 0) is 9.59 Å². The van der Waals surface area contributed by atoms with Crippen molar-refractivity contribution < 1.29 is 24.3 Å².